The van der Waals surface area contributed by atoms with Crippen molar-refractivity contribution in [3.63, 3.8) is 0 Å². The molecule has 3 heterocycles. The Balaban J connectivity index is 1.27. The summed E-state index contributed by atoms with van der Waals surface area (Å²) in [5.41, 5.74) is 2.31. The number of hydrogen-bond acceptors (Lipinski definition) is 5. The number of amides is 3. The number of halogens is 3. The Bertz CT molecular complexity index is 1530. The topological polar surface area (TPSA) is 95.4 Å². The fourth-order valence-electron chi connectivity index (χ4n) is 4.56. The largest absolute Gasteiger partial charge is 0.416 e. The molecule has 9 nitrogen and oxygen atoms in total. The first-order chi connectivity index (χ1) is 18.6. The van der Waals surface area contributed by atoms with Crippen LogP contribution < -0.4 is 10.6 Å². The zero-order valence-electron chi connectivity index (χ0n) is 21.3. The molecule has 0 unspecified atom stereocenters. The number of pyridine rings is 1. The first-order valence-electron chi connectivity index (χ1n) is 12.2. The number of fused-ring (bicyclic) bond motifs is 1. The molecule has 4 aromatic rings. The summed E-state index contributed by atoms with van der Waals surface area (Å²) in [5.74, 6) is -0.136. The second-order valence-electron chi connectivity index (χ2n) is 9.44. The Morgan fingerprint density at radius 3 is 2.41 bits per heavy atom. The number of aryl methyl sites for hydroxylation is 1. The average Bonchev–Trinajstić information content (AvgIpc) is 3.28. The molecule has 12 heteroatoms. The van der Waals surface area contributed by atoms with Gasteiger partial charge >= 0.3 is 12.2 Å². The van der Waals surface area contributed by atoms with Crippen molar-refractivity contribution in [3.8, 4) is 11.1 Å². The molecule has 1 aliphatic heterocycles. The molecular formula is C27H26F3N7O2. The number of hydrogen-bond donors (Lipinski definition) is 2. The van der Waals surface area contributed by atoms with Crippen LogP contribution in [0.25, 0.3) is 22.0 Å². The van der Waals surface area contributed by atoms with E-state index in [0.29, 0.717) is 18.8 Å². The van der Waals surface area contributed by atoms with Crippen LogP contribution in [0.4, 0.5) is 29.3 Å². The molecule has 0 aliphatic carbocycles. The van der Waals surface area contributed by atoms with E-state index in [1.165, 1.54) is 12.1 Å². The number of carbonyl (C=O) groups excluding carboxylic acids is 2. The van der Waals surface area contributed by atoms with Gasteiger partial charge in [0.05, 0.1) is 30.0 Å². The fourth-order valence-corrected chi connectivity index (χ4v) is 4.56. The summed E-state index contributed by atoms with van der Waals surface area (Å²) in [6, 6.07) is 10.0. The minimum atomic E-state index is -4.62. The second-order valence-corrected chi connectivity index (χ2v) is 9.44. The van der Waals surface area contributed by atoms with Gasteiger partial charge in [-0.1, -0.05) is 18.2 Å². The van der Waals surface area contributed by atoms with E-state index in [0.717, 1.165) is 28.1 Å². The number of aromatic nitrogens is 3. The molecule has 0 spiro atoms. The molecule has 1 saturated heterocycles. The van der Waals surface area contributed by atoms with Crippen LogP contribution in [0.5, 0.6) is 0 Å². The molecule has 1 fully saturated rings. The highest BCUT2D eigenvalue weighted by Crippen LogP contribution is 2.35. The van der Waals surface area contributed by atoms with Crippen LogP contribution in [-0.2, 0) is 24.6 Å². The molecular weight excluding hydrogens is 511 g/mol. The summed E-state index contributed by atoms with van der Waals surface area (Å²) in [6.45, 7) is 0.976. The third-order valence-corrected chi connectivity index (χ3v) is 6.73. The van der Waals surface area contributed by atoms with Crippen molar-refractivity contribution < 1.29 is 22.8 Å². The van der Waals surface area contributed by atoms with Crippen molar-refractivity contribution >= 4 is 34.2 Å². The molecule has 2 aromatic carbocycles. The van der Waals surface area contributed by atoms with Crippen molar-refractivity contribution in [3.05, 3.63) is 72.2 Å². The molecule has 2 aromatic heterocycles. The second kappa shape index (κ2) is 10.4. The van der Waals surface area contributed by atoms with E-state index in [-0.39, 0.29) is 30.2 Å². The third kappa shape index (κ3) is 5.70. The van der Waals surface area contributed by atoms with Gasteiger partial charge in [-0.3, -0.25) is 19.4 Å². The molecule has 39 heavy (non-hydrogen) atoms. The van der Waals surface area contributed by atoms with Gasteiger partial charge in [-0.15, -0.1) is 0 Å². The molecule has 0 saturated carbocycles. The van der Waals surface area contributed by atoms with Crippen LogP contribution in [0.15, 0.2) is 61.1 Å². The van der Waals surface area contributed by atoms with Crippen LogP contribution >= 0.6 is 0 Å². The smallest absolute Gasteiger partial charge is 0.343 e. The van der Waals surface area contributed by atoms with Crippen LogP contribution in [0, 0.1) is 0 Å². The van der Waals surface area contributed by atoms with Gasteiger partial charge in [0.1, 0.15) is 0 Å². The van der Waals surface area contributed by atoms with Crippen LogP contribution in [0.1, 0.15) is 11.1 Å². The summed E-state index contributed by atoms with van der Waals surface area (Å²) < 4.78 is 43.3. The van der Waals surface area contributed by atoms with Gasteiger partial charge in [0.25, 0.3) is 0 Å². The summed E-state index contributed by atoms with van der Waals surface area (Å²) in [5, 5.41) is 10.3. The zero-order valence-corrected chi connectivity index (χ0v) is 21.3. The number of alkyl halides is 3. The highest BCUT2D eigenvalue weighted by atomic mass is 19.4. The lowest BCUT2D eigenvalue weighted by Gasteiger charge is -2.32. The lowest BCUT2D eigenvalue weighted by atomic mass is 10.0. The number of benzene rings is 2. The minimum Gasteiger partial charge on any atom is -0.343 e. The van der Waals surface area contributed by atoms with Crippen molar-refractivity contribution in [1.29, 1.82) is 0 Å². The maximum absolute atomic E-state index is 13.9. The summed E-state index contributed by atoms with van der Waals surface area (Å²) in [7, 11) is 3.50. The van der Waals surface area contributed by atoms with Gasteiger partial charge in [0.2, 0.25) is 5.91 Å². The number of anilines is 2. The number of likely N-dealkylation sites (N-methyl/N-ethyl adjacent to an activating group) is 1. The predicted molar refractivity (Wildman–Crippen MR) is 141 cm³/mol. The van der Waals surface area contributed by atoms with Gasteiger partial charge in [-0.2, -0.15) is 18.3 Å². The molecule has 0 radical (unpaired) electrons. The Morgan fingerprint density at radius 1 is 0.974 bits per heavy atom. The number of nitrogens with zero attached hydrogens (tertiary/aromatic N) is 5. The van der Waals surface area contributed by atoms with E-state index in [4.69, 9.17) is 0 Å². The Morgan fingerprint density at radius 2 is 1.69 bits per heavy atom. The molecule has 0 bridgehead atoms. The normalized spacial score (nSPS) is 14.6. The third-order valence-electron chi connectivity index (χ3n) is 6.73. The fraction of sp³-hybridized carbons (Fsp3) is 0.259. The standard InChI is InChI=1S/C27H26F3N7O2/c1-35-9-10-37(16-25(35)38)15-18-5-8-20(11-23(18)27(28,29)30)34-26(39)33-19-6-3-17(4-7-19)21-12-31-14-24-22(21)13-32-36(24)2/h3-8,11-14H,9-10,15-16H2,1-2H3,(H2,33,34,39). The van der Waals surface area contributed by atoms with Gasteiger partial charge in [-0.25, -0.2) is 4.79 Å². The highest BCUT2D eigenvalue weighted by molar-refractivity contribution is 6.00. The molecule has 1 aliphatic rings. The monoisotopic (exact) mass is 537 g/mol. The Labute approximate surface area is 222 Å². The van der Waals surface area contributed by atoms with Gasteiger partial charge in [0.15, 0.2) is 0 Å². The molecule has 202 valence electrons. The molecule has 2 N–H and O–H groups in total. The van der Waals surface area contributed by atoms with E-state index in [9.17, 15) is 22.8 Å². The quantitative estimate of drug-likeness (QED) is 0.389. The maximum atomic E-state index is 13.9. The lowest BCUT2D eigenvalue weighted by Crippen LogP contribution is -2.48. The van der Waals surface area contributed by atoms with Crippen molar-refractivity contribution in [1.82, 2.24) is 24.6 Å². The molecule has 5 rings (SSSR count). The van der Waals surface area contributed by atoms with Gasteiger partial charge < -0.3 is 15.5 Å². The maximum Gasteiger partial charge on any atom is 0.416 e. The predicted octanol–water partition coefficient (Wildman–Crippen LogP) is 4.57. The van der Waals surface area contributed by atoms with Gasteiger partial charge in [-0.05, 0) is 35.4 Å². The van der Waals surface area contributed by atoms with Crippen molar-refractivity contribution in [2.45, 2.75) is 12.7 Å². The number of urea groups is 1. The average molecular weight is 538 g/mol. The number of nitrogens with one attached hydrogen (secondary N) is 2. The van der Waals surface area contributed by atoms with E-state index >= 15 is 0 Å². The number of carbonyl (C=O) groups is 2. The van der Waals surface area contributed by atoms with E-state index < -0.39 is 17.8 Å². The first kappa shape index (κ1) is 26.2. The zero-order chi connectivity index (χ0) is 27.7. The number of piperazine rings is 1. The highest BCUT2D eigenvalue weighted by Gasteiger charge is 2.34. The lowest BCUT2D eigenvalue weighted by molar-refractivity contribution is -0.138. The van der Waals surface area contributed by atoms with Crippen molar-refractivity contribution in [2.75, 3.05) is 37.3 Å². The van der Waals surface area contributed by atoms with Crippen LogP contribution in [-0.4, -0.2) is 63.2 Å². The molecule has 0 atom stereocenters. The minimum absolute atomic E-state index is 0.00368. The first-order valence-corrected chi connectivity index (χ1v) is 12.2. The van der Waals surface area contributed by atoms with E-state index in [1.807, 2.05) is 19.2 Å². The Hall–Kier alpha value is -4.45. The van der Waals surface area contributed by atoms with Crippen LogP contribution in [0.3, 0.4) is 0 Å². The summed E-state index contributed by atoms with van der Waals surface area (Å²) in [6.07, 6.45) is 0.609. The summed E-state index contributed by atoms with van der Waals surface area (Å²) >= 11 is 0. The Kier molecular flexibility index (Phi) is 6.96. The van der Waals surface area contributed by atoms with Gasteiger partial charge in [0, 0.05) is 62.3 Å². The number of rotatable bonds is 5. The van der Waals surface area contributed by atoms with Crippen LogP contribution in [0.2, 0.25) is 0 Å². The van der Waals surface area contributed by atoms with Crippen molar-refractivity contribution in [2.24, 2.45) is 7.05 Å². The molecule has 3 amide bonds. The van der Waals surface area contributed by atoms with E-state index in [2.05, 4.69) is 20.7 Å². The summed E-state index contributed by atoms with van der Waals surface area (Å²) in [4.78, 5) is 32.0. The van der Waals surface area contributed by atoms with E-state index in [1.54, 1.807) is 52.3 Å². The SMILES string of the molecule is CN1CCN(Cc2ccc(NC(=O)Nc3ccc(-c4cncc5c4cnn5C)cc3)cc2C(F)(F)F)CC1=O.